The first kappa shape index (κ1) is 24.0. The van der Waals surface area contributed by atoms with Gasteiger partial charge in [0.2, 0.25) is 10.0 Å². The highest BCUT2D eigenvalue weighted by atomic mass is 32.2. The van der Waals surface area contributed by atoms with Crippen molar-refractivity contribution in [2.75, 3.05) is 31.6 Å². The Morgan fingerprint density at radius 3 is 2.55 bits per heavy atom. The summed E-state index contributed by atoms with van der Waals surface area (Å²) in [7, 11) is -3.97. The van der Waals surface area contributed by atoms with E-state index in [4.69, 9.17) is 4.74 Å². The molecule has 38 heavy (non-hydrogen) atoms. The molecule has 0 saturated carbocycles. The number of benzene rings is 3. The second-order valence-electron chi connectivity index (χ2n) is 8.86. The van der Waals surface area contributed by atoms with Crippen molar-refractivity contribution >= 4 is 49.3 Å². The van der Waals surface area contributed by atoms with Crippen LogP contribution >= 0.6 is 0 Å². The van der Waals surface area contributed by atoms with E-state index in [1.165, 1.54) is 16.6 Å². The maximum atomic E-state index is 13.8. The number of aromatic carboxylic acids is 1. The van der Waals surface area contributed by atoms with Crippen molar-refractivity contribution in [3.63, 3.8) is 0 Å². The van der Waals surface area contributed by atoms with E-state index >= 15 is 0 Å². The number of rotatable bonds is 6. The number of ether oxygens (including phenoxy) is 1. The molecular weight excluding hydrogens is 506 g/mol. The Morgan fingerprint density at radius 1 is 0.974 bits per heavy atom. The molecule has 3 N–H and O–H groups in total. The highest BCUT2D eigenvalue weighted by Crippen LogP contribution is 2.37. The van der Waals surface area contributed by atoms with Crippen LogP contribution in [0.15, 0.2) is 78.1 Å². The number of aromatic amines is 1. The van der Waals surface area contributed by atoms with E-state index in [1.807, 2.05) is 36.4 Å². The van der Waals surface area contributed by atoms with Crippen LogP contribution in [0.3, 0.4) is 0 Å². The average Bonchev–Trinajstić information content (AvgIpc) is 3.41. The fourth-order valence-corrected chi connectivity index (χ4v) is 6.14. The number of anilines is 2. The first-order valence-corrected chi connectivity index (χ1v) is 13.4. The van der Waals surface area contributed by atoms with Gasteiger partial charge < -0.3 is 20.1 Å². The fourth-order valence-electron chi connectivity index (χ4n) is 4.63. The minimum absolute atomic E-state index is 0.0207. The molecule has 0 unspecified atom stereocenters. The lowest BCUT2D eigenvalue weighted by molar-refractivity contribution is 0.0698. The summed E-state index contributed by atoms with van der Waals surface area (Å²) in [5.41, 5.74) is 4.55. The number of nitrogens with zero attached hydrogens (tertiary/aromatic N) is 3. The number of H-pyrrole nitrogens is 1. The highest BCUT2D eigenvalue weighted by Gasteiger charge is 2.30. The molecule has 1 fully saturated rings. The van der Waals surface area contributed by atoms with E-state index in [1.54, 1.807) is 24.5 Å². The quantitative estimate of drug-likeness (QED) is 0.297. The molecule has 0 atom stereocenters. The molecule has 2 aromatic heterocycles. The summed E-state index contributed by atoms with van der Waals surface area (Å²) >= 11 is 0. The third-order valence-electron chi connectivity index (χ3n) is 6.59. The van der Waals surface area contributed by atoms with E-state index in [2.05, 4.69) is 20.3 Å². The van der Waals surface area contributed by atoms with Gasteiger partial charge in [0.15, 0.2) is 0 Å². The number of nitrogens with one attached hydrogen (secondary N) is 2. The Labute approximate surface area is 218 Å². The van der Waals surface area contributed by atoms with Crippen LogP contribution < -0.4 is 5.32 Å². The zero-order chi connectivity index (χ0) is 26.3. The number of fused-ring (bicyclic) bond motifs is 2. The zero-order valence-electron chi connectivity index (χ0n) is 20.1. The smallest absolute Gasteiger partial charge is 0.337 e. The van der Waals surface area contributed by atoms with Gasteiger partial charge in [0.1, 0.15) is 4.90 Å². The number of hydrogen-bond acceptors (Lipinski definition) is 7. The molecule has 0 bridgehead atoms. The predicted molar refractivity (Wildman–Crippen MR) is 143 cm³/mol. The maximum Gasteiger partial charge on any atom is 0.337 e. The monoisotopic (exact) mass is 529 g/mol. The maximum absolute atomic E-state index is 13.8. The Morgan fingerprint density at radius 2 is 1.74 bits per heavy atom. The molecule has 1 aliphatic rings. The fraction of sp³-hybridized carbons (Fsp3) is 0.148. The summed E-state index contributed by atoms with van der Waals surface area (Å²) in [5, 5.41) is 13.4. The Balaban J connectivity index is 1.56. The van der Waals surface area contributed by atoms with Crippen LogP contribution in [0.1, 0.15) is 10.4 Å². The lowest BCUT2D eigenvalue weighted by Crippen LogP contribution is -2.40. The van der Waals surface area contributed by atoms with E-state index < -0.39 is 16.0 Å². The molecule has 3 heterocycles. The van der Waals surface area contributed by atoms with Crippen LogP contribution in [0.5, 0.6) is 0 Å². The summed E-state index contributed by atoms with van der Waals surface area (Å²) in [6, 6.07) is 17.8. The Bertz CT molecular complexity index is 1790. The second kappa shape index (κ2) is 9.53. The van der Waals surface area contributed by atoms with Gasteiger partial charge in [-0.2, -0.15) is 4.31 Å². The second-order valence-corrected chi connectivity index (χ2v) is 10.8. The molecule has 0 amide bonds. The lowest BCUT2D eigenvalue weighted by Gasteiger charge is -2.27. The molecule has 0 spiro atoms. The molecule has 0 aliphatic carbocycles. The van der Waals surface area contributed by atoms with Crippen molar-refractivity contribution < 1.29 is 23.1 Å². The Hall–Kier alpha value is -4.32. The molecule has 11 heteroatoms. The molecule has 1 aliphatic heterocycles. The third kappa shape index (κ3) is 4.26. The van der Waals surface area contributed by atoms with Gasteiger partial charge in [0.25, 0.3) is 0 Å². The Kier molecular flexibility index (Phi) is 6.03. The molecule has 6 rings (SSSR count). The van der Waals surface area contributed by atoms with Gasteiger partial charge in [-0.3, -0.25) is 4.98 Å². The summed E-state index contributed by atoms with van der Waals surface area (Å²) in [4.78, 5) is 23.8. The first-order chi connectivity index (χ1) is 18.4. The van der Waals surface area contributed by atoms with Crippen molar-refractivity contribution in [3.05, 3.63) is 78.8 Å². The number of para-hydroxylation sites is 1. The van der Waals surface area contributed by atoms with Gasteiger partial charge in [-0.1, -0.05) is 24.3 Å². The lowest BCUT2D eigenvalue weighted by atomic mass is 10.0. The molecule has 3 aromatic carbocycles. The number of pyridine rings is 1. The third-order valence-corrected chi connectivity index (χ3v) is 8.50. The van der Waals surface area contributed by atoms with E-state index in [-0.39, 0.29) is 34.9 Å². The zero-order valence-corrected chi connectivity index (χ0v) is 20.9. The number of carboxylic acids is 1. The summed E-state index contributed by atoms with van der Waals surface area (Å²) in [5.74, 6) is -1.13. The number of sulfonamides is 1. The number of carbonyl (C=O) groups is 1. The van der Waals surface area contributed by atoms with Gasteiger partial charge in [0, 0.05) is 24.7 Å². The van der Waals surface area contributed by atoms with E-state index in [0.29, 0.717) is 24.1 Å². The summed E-state index contributed by atoms with van der Waals surface area (Å²) in [6.45, 7) is 1.03. The molecule has 5 aromatic rings. The first-order valence-electron chi connectivity index (χ1n) is 12.0. The normalized spacial score (nSPS) is 14.6. The van der Waals surface area contributed by atoms with E-state index in [0.717, 1.165) is 22.2 Å². The van der Waals surface area contributed by atoms with Crippen LogP contribution in [0, 0.1) is 0 Å². The van der Waals surface area contributed by atoms with E-state index in [9.17, 15) is 18.3 Å². The highest BCUT2D eigenvalue weighted by molar-refractivity contribution is 7.89. The largest absolute Gasteiger partial charge is 0.478 e. The van der Waals surface area contributed by atoms with Crippen molar-refractivity contribution in [3.8, 4) is 11.1 Å². The topological polar surface area (TPSA) is 138 Å². The minimum Gasteiger partial charge on any atom is -0.478 e. The predicted octanol–water partition coefficient (Wildman–Crippen LogP) is 4.24. The number of carboxylic acid groups (broad SMARTS) is 1. The number of imidazole rings is 1. The minimum atomic E-state index is -3.97. The van der Waals surface area contributed by atoms with Crippen molar-refractivity contribution in [1.29, 1.82) is 0 Å². The van der Waals surface area contributed by atoms with Crippen LogP contribution in [-0.2, 0) is 14.8 Å². The van der Waals surface area contributed by atoms with Gasteiger partial charge >= 0.3 is 5.97 Å². The standard InChI is InChI=1S/C27H23N5O5S/c33-27(34)19-3-1-2-4-22(19)31-26-20-13-17(18-6-8-23-24(14-18)30-16-29-23)5-7-21(20)28-15-25(26)38(35,36)32-9-11-37-12-10-32/h1-8,13-16H,9-12H2,(H,28,31)(H,29,30)(H,33,34). The number of morpholine rings is 1. The summed E-state index contributed by atoms with van der Waals surface area (Å²) in [6.07, 6.45) is 2.96. The van der Waals surface area contributed by atoms with Crippen molar-refractivity contribution in [2.45, 2.75) is 4.90 Å². The van der Waals surface area contributed by atoms with Gasteiger partial charge in [0.05, 0.1) is 53.0 Å². The summed E-state index contributed by atoms with van der Waals surface area (Å²) < 4.78 is 34.3. The van der Waals surface area contributed by atoms with Gasteiger partial charge in [-0.15, -0.1) is 0 Å². The molecule has 0 radical (unpaired) electrons. The molecular formula is C27H23N5O5S. The van der Waals surface area contributed by atoms with Crippen LogP contribution in [0.4, 0.5) is 11.4 Å². The average molecular weight is 530 g/mol. The molecule has 1 saturated heterocycles. The molecule has 10 nitrogen and oxygen atoms in total. The number of aromatic nitrogens is 3. The van der Waals surface area contributed by atoms with Gasteiger partial charge in [-0.05, 0) is 47.5 Å². The van der Waals surface area contributed by atoms with Crippen LogP contribution in [0.25, 0.3) is 33.1 Å². The van der Waals surface area contributed by atoms with Crippen molar-refractivity contribution in [2.24, 2.45) is 0 Å². The SMILES string of the molecule is O=C(O)c1ccccc1Nc1c(S(=O)(=O)N2CCOCC2)cnc2ccc(-c3ccc4[nH]cnc4c3)cc12. The molecule has 192 valence electrons. The van der Waals surface area contributed by atoms with Crippen molar-refractivity contribution in [1.82, 2.24) is 19.3 Å². The van der Waals surface area contributed by atoms with Crippen LogP contribution in [0.2, 0.25) is 0 Å². The van der Waals surface area contributed by atoms with Crippen LogP contribution in [-0.4, -0.2) is 65.1 Å². The van der Waals surface area contributed by atoms with Gasteiger partial charge in [-0.25, -0.2) is 18.2 Å². The number of hydrogen-bond donors (Lipinski definition) is 3.